The molecule has 1 aliphatic rings. The number of fused-ring (bicyclic) bond motifs is 1. The lowest BCUT2D eigenvalue weighted by atomic mass is 10.1. The summed E-state index contributed by atoms with van der Waals surface area (Å²) in [4.78, 5) is 22.3. The Morgan fingerprint density at radius 2 is 1.90 bits per heavy atom. The first-order valence-electron chi connectivity index (χ1n) is 6.26. The maximum Gasteiger partial charge on any atom is 0.237 e. The van der Waals surface area contributed by atoms with Gasteiger partial charge in [0.25, 0.3) is 0 Å². The van der Waals surface area contributed by atoms with Crippen molar-refractivity contribution in [3.63, 3.8) is 0 Å². The molecule has 7 nitrogen and oxygen atoms in total. The Morgan fingerprint density at radius 1 is 1.24 bits per heavy atom. The van der Waals surface area contributed by atoms with E-state index in [1.165, 1.54) is 0 Å². The van der Waals surface area contributed by atoms with Crippen molar-refractivity contribution in [3.05, 3.63) is 23.8 Å². The Labute approximate surface area is 128 Å². The summed E-state index contributed by atoms with van der Waals surface area (Å²) in [5.41, 5.74) is 11.4. The van der Waals surface area contributed by atoms with E-state index in [2.05, 4.69) is 5.32 Å². The van der Waals surface area contributed by atoms with Gasteiger partial charge >= 0.3 is 0 Å². The quantitative estimate of drug-likeness (QED) is 0.689. The van der Waals surface area contributed by atoms with Crippen molar-refractivity contribution in [1.29, 1.82) is 0 Å². The molecular weight excluding hydrogens is 298 g/mol. The molecule has 116 valence electrons. The predicted molar refractivity (Wildman–Crippen MR) is 78.3 cm³/mol. The van der Waals surface area contributed by atoms with Crippen LogP contribution in [0.5, 0.6) is 11.5 Å². The highest BCUT2D eigenvalue weighted by molar-refractivity contribution is 5.87. The minimum Gasteiger partial charge on any atom is -0.486 e. The molecule has 0 fully saturated rings. The second-order valence-corrected chi connectivity index (χ2v) is 4.47. The van der Waals surface area contributed by atoms with Gasteiger partial charge in [-0.05, 0) is 17.7 Å². The minimum atomic E-state index is -0.926. The number of amides is 2. The standard InChI is InChI=1S/C13H17N3O4.ClH/c14-9(6-12(15)17)13(18)16-7-8-1-2-10-11(5-8)20-4-3-19-10;/h1-2,5,9H,3-4,6-7,14H2,(H2,15,17)(H,16,18);1H. The number of carbonyl (C=O) groups is 2. The van der Waals surface area contributed by atoms with Gasteiger partial charge in [-0.2, -0.15) is 0 Å². The second kappa shape index (κ2) is 7.70. The van der Waals surface area contributed by atoms with Crippen molar-refractivity contribution >= 4 is 24.2 Å². The van der Waals surface area contributed by atoms with Crippen LogP contribution in [-0.4, -0.2) is 31.1 Å². The van der Waals surface area contributed by atoms with Crippen molar-refractivity contribution in [1.82, 2.24) is 5.32 Å². The van der Waals surface area contributed by atoms with Gasteiger partial charge in [0.15, 0.2) is 11.5 Å². The van der Waals surface area contributed by atoms with Gasteiger partial charge in [-0.15, -0.1) is 12.4 Å². The monoisotopic (exact) mass is 315 g/mol. The highest BCUT2D eigenvalue weighted by Crippen LogP contribution is 2.30. The minimum absolute atomic E-state index is 0. The number of hydrogen-bond donors (Lipinski definition) is 3. The Balaban J connectivity index is 0.00000220. The molecule has 0 saturated carbocycles. The summed E-state index contributed by atoms with van der Waals surface area (Å²) in [6.45, 7) is 1.33. The van der Waals surface area contributed by atoms with Crippen LogP contribution in [0, 0.1) is 0 Å². The Morgan fingerprint density at radius 3 is 2.57 bits per heavy atom. The molecule has 8 heteroatoms. The van der Waals surface area contributed by atoms with Crippen LogP contribution < -0.4 is 26.3 Å². The molecule has 0 aromatic heterocycles. The summed E-state index contributed by atoms with van der Waals surface area (Å²) in [6.07, 6.45) is -0.174. The van der Waals surface area contributed by atoms with Crippen LogP contribution in [0.25, 0.3) is 0 Å². The molecule has 1 aromatic rings. The van der Waals surface area contributed by atoms with Crippen molar-refractivity contribution in [2.24, 2.45) is 11.5 Å². The molecule has 5 N–H and O–H groups in total. The number of nitrogens with two attached hydrogens (primary N) is 2. The van der Waals surface area contributed by atoms with Crippen LogP contribution in [0.3, 0.4) is 0 Å². The molecule has 0 saturated heterocycles. The number of halogens is 1. The molecule has 1 heterocycles. The fourth-order valence-corrected chi connectivity index (χ4v) is 1.83. The third-order valence-electron chi connectivity index (χ3n) is 2.83. The van der Waals surface area contributed by atoms with E-state index in [1.807, 2.05) is 6.07 Å². The fraction of sp³-hybridized carbons (Fsp3) is 0.385. The van der Waals surface area contributed by atoms with E-state index in [0.717, 1.165) is 5.56 Å². The van der Waals surface area contributed by atoms with E-state index < -0.39 is 17.9 Å². The molecule has 2 amide bonds. The van der Waals surface area contributed by atoms with Crippen molar-refractivity contribution < 1.29 is 19.1 Å². The number of carbonyl (C=O) groups excluding carboxylic acids is 2. The van der Waals surface area contributed by atoms with Crippen molar-refractivity contribution in [3.8, 4) is 11.5 Å². The number of rotatable bonds is 5. The number of hydrogen-bond acceptors (Lipinski definition) is 5. The average molecular weight is 316 g/mol. The second-order valence-electron chi connectivity index (χ2n) is 4.47. The Bertz CT molecular complexity index is 524. The van der Waals surface area contributed by atoms with Gasteiger partial charge in [0, 0.05) is 6.54 Å². The van der Waals surface area contributed by atoms with E-state index in [4.69, 9.17) is 20.9 Å². The molecule has 21 heavy (non-hydrogen) atoms. The maximum atomic E-state index is 11.6. The van der Waals surface area contributed by atoms with Gasteiger partial charge in [-0.1, -0.05) is 6.07 Å². The summed E-state index contributed by atoms with van der Waals surface area (Å²) < 4.78 is 10.8. The molecule has 0 bridgehead atoms. The normalized spacial score (nSPS) is 13.8. The van der Waals surface area contributed by atoms with E-state index in [1.54, 1.807) is 12.1 Å². The van der Waals surface area contributed by atoms with Crippen molar-refractivity contribution in [2.45, 2.75) is 19.0 Å². The summed E-state index contributed by atoms with van der Waals surface area (Å²) in [7, 11) is 0. The summed E-state index contributed by atoms with van der Waals surface area (Å²) >= 11 is 0. The molecule has 0 aliphatic carbocycles. The lowest BCUT2D eigenvalue weighted by Gasteiger charge is -2.19. The highest BCUT2D eigenvalue weighted by Gasteiger charge is 2.16. The van der Waals surface area contributed by atoms with E-state index in [9.17, 15) is 9.59 Å². The van der Waals surface area contributed by atoms with Crippen LogP contribution >= 0.6 is 12.4 Å². The van der Waals surface area contributed by atoms with Gasteiger partial charge < -0.3 is 26.3 Å². The summed E-state index contributed by atoms with van der Waals surface area (Å²) in [6, 6.07) is 4.49. The number of primary amides is 1. The number of ether oxygens (including phenoxy) is 2. The van der Waals surface area contributed by atoms with Gasteiger partial charge in [0.05, 0.1) is 12.5 Å². The molecule has 1 atom stereocenters. The lowest BCUT2D eigenvalue weighted by Crippen LogP contribution is -2.42. The fourth-order valence-electron chi connectivity index (χ4n) is 1.83. The van der Waals surface area contributed by atoms with Gasteiger partial charge in [0.2, 0.25) is 11.8 Å². The molecule has 1 aromatic carbocycles. The SMILES string of the molecule is Cl.NC(=O)CC(N)C(=O)NCc1ccc2c(c1)OCCO2. The van der Waals surface area contributed by atoms with E-state index >= 15 is 0 Å². The van der Waals surface area contributed by atoms with Crippen LogP contribution in [0.2, 0.25) is 0 Å². The van der Waals surface area contributed by atoms with Crippen LogP contribution in [0.1, 0.15) is 12.0 Å². The molecule has 0 radical (unpaired) electrons. The van der Waals surface area contributed by atoms with Crippen LogP contribution in [0.15, 0.2) is 18.2 Å². The molecule has 0 spiro atoms. The summed E-state index contributed by atoms with van der Waals surface area (Å²) in [5, 5.41) is 2.64. The van der Waals surface area contributed by atoms with E-state index in [-0.39, 0.29) is 18.8 Å². The lowest BCUT2D eigenvalue weighted by molar-refractivity contribution is -0.126. The first-order chi connectivity index (χ1) is 9.56. The molecule has 2 rings (SSSR count). The summed E-state index contributed by atoms with van der Waals surface area (Å²) in [5.74, 6) is 0.326. The number of nitrogens with one attached hydrogen (secondary N) is 1. The zero-order chi connectivity index (χ0) is 14.5. The number of benzene rings is 1. The first kappa shape index (κ1) is 17.1. The Hall–Kier alpha value is -1.99. The van der Waals surface area contributed by atoms with Crippen molar-refractivity contribution in [2.75, 3.05) is 13.2 Å². The topological polar surface area (TPSA) is 117 Å². The average Bonchev–Trinajstić information content (AvgIpc) is 2.43. The largest absolute Gasteiger partial charge is 0.486 e. The predicted octanol–water partition coefficient (Wildman–Crippen LogP) is -0.302. The zero-order valence-electron chi connectivity index (χ0n) is 11.3. The van der Waals surface area contributed by atoms with Gasteiger partial charge in [-0.3, -0.25) is 9.59 Å². The maximum absolute atomic E-state index is 11.6. The first-order valence-corrected chi connectivity index (χ1v) is 6.26. The third-order valence-corrected chi connectivity index (χ3v) is 2.83. The molecule has 1 unspecified atom stereocenters. The highest BCUT2D eigenvalue weighted by atomic mass is 35.5. The smallest absolute Gasteiger partial charge is 0.237 e. The van der Waals surface area contributed by atoms with Gasteiger partial charge in [0.1, 0.15) is 13.2 Å². The van der Waals surface area contributed by atoms with Gasteiger partial charge in [-0.25, -0.2) is 0 Å². The Kier molecular flexibility index (Phi) is 6.26. The van der Waals surface area contributed by atoms with E-state index in [0.29, 0.717) is 31.3 Å². The molecular formula is C13H18ClN3O4. The molecule has 1 aliphatic heterocycles. The van der Waals surface area contributed by atoms with Crippen LogP contribution in [-0.2, 0) is 16.1 Å². The van der Waals surface area contributed by atoms with Crippen LogP contribution in [0.4, 0.5) is 0 Å². The zero-order valence-corrected chi connectivity index (χ0v) is 12.2. The third kappa shape index (κ3) is 4.80.